The second kappa shape index (κ2) is 6.14. The SMILES string of the molecule is CCNc1cc(C)ncc1C(=O)Nc1ccnc(C)c1. The van der Waals surface area contributed by atoms with E-state index in [-0.39, 0.29) is 5.91 Å². The number of aryl methyl sites for hydroxylation is 2. The zero-order valence-electron chi connectivity index (χ0n) is 11.9. The van der Waals surface area contributed by atoms with Crippen molar-refractivity contribution in [2.24, 2.45) is 0 Å². The Bertz CT molecular complexity index is 625. The Hall–Kier alpha value is -2.43. The molecule has 0 bridgehead atoms. The van der Waals surface area contributed by atoms with Gasteiger partial charge in [0.25, 0.3) is 5.91 Å². The number of rotatable bonds is 4. The van der Waals surface area contributed by atoms with E-state index >= 15 is 0 Å². The normalized spacial score (nSPS) is 10.2. The lowest BCUT2D eigenvalue weighted by Gasteiger charge is -2.11. The second-order valence-corrected chi connectivity index (χ2v) is 4.54. The van der Waals surface area contributed by atoms with Gasteiger partial charge in [-0.2, -0.15) is 0 Å². The van der Waals surface area contributed by atoms with E-state index in [1.54, 1.807) is 18.5 Å². The van der Waals surface area contributed by atoms with Crippen LogP contribution in [0, 0.1) is 13.8 Å². The van der Waals surface area contributed by atoms with E-state index in [1.165, 1.54) is 0 Å². The van der Waals surface area contributed by atoms with E-state index in [4.69, 9.17) is 0 Å². The number of pyridine rings is 2. The minimum absolute atomic E-state index is 0.181. The lowest BCUT2D eigenvalue weighted by atomic mass is 10.2. The van der Waals surface area contributed by atoms with Crippen LogP contribution in [0.2, 0.25) is 0 Å². The molecule has 20 heavy (non-hydrogen) atoms. The predicted octanol–water partition coefficient (Wildman–Crippen LogP) is 2.78. The van der Waals surface area contributed by atoms with Gasteiger partial charge in [0.15, 0.2) is 0 Å². The van der Waals surface area contributed by atoms with Crippen LogP contribution < -0.4 is 10.6 Å². The highest BCUT2D eigenvalue weighted by Gasteiger charge is 2.12. The molecule has 0 aliphatic carbocycles. The van der Waals surface area contributed by atoms with Crippen LogP contribution in [-0.4, -0.2) is 22.4 Å². The molecule has 2 rings (SSSR count). The lowest BCUT2D eigenvalue weighted by molar-refractivity contribution is 0.102. The van der Waals surface area contributed by atoms with E-state index in [9.17, 15) is 4.79 Å². The van der Waals surface area contributed by atoms with Crippen molar-refractivity contribution in [3.05, 3.63) is 47.5 Å². The molecule has 0 unspecified atom stereocenters. The molecule has 0 spiro atoms. The topological polar surface area (TPSA) is 66.9 Å². The molecule has 1 amide bonds. The fourth-order valence-electron chi connectivity index (χ4n) is 1.90. The molecule has 0 fully saturated rings. The smallest absolute Gasteiger partial charge is 0.259 e. The molecule has 0 atom stereocenters. The summed E-state index contributed by atoms with van der Waals surface area (Å²) in [7, 11) is 0. The summed E-state index contributed by atoms with van der Waals surface area (Å²) in [5, 5.41) is 6.04. The zero-order chi connectivity index (χ0) is 14.5. The van der Waals surface area contributed by atoms with Crippen LogP contribution in [0.15, 0.2) is 30.6 Å². The summed E-state index contributed by atoms with van der Waals surface area (Å²) in [4.78, 5) is 20.6. The first-order chi connectivity index (χ1) is 9.60. The van der Waals surface area contributed by atoms with Crippen LogP contribution >= 0.6 is 0 Å². The molecule has 0 saturated carbocycles. The van der Waals surface area contributed by atoms with Gasteiger partial charge in [-0.05, 0) is 39.0 Å². The quantitative estimate of drug-likeness (QED) is 0.896. The molecule has 0 aromatic carbocycles. The summed E-state index contributed by atoms with van der Waals surface area (Å²) >= 11 is 0. The van der Waals surface area contributed by atoms with E-state index < -0.39 is 0 Å². The molecule has 0 aliphatic rings. The molecule has 5 heteroatoms. The van der Waals surface area contributed by atoms with Gasteiger partial charge in [0.05, 0.1) is 11.3 Å². The Balaban J connectivity index is 2.24. The first-order valence-corrected chi connectivity index (χ1v) is 6.54. The maximum atomic E-state index is 12.3. The fourth-order valence-corrected chi connectivity index (χ4v) is 1.90. The minimum Gasteiger partial charge on any atom is -0.385 e. The number of hydrogen-bond acceptors (Lipinski definition) is 4. The van der Waals surface area contributed by atoms with Crippen LogP contribution in [0.4, 0.5) is 11.4 Å². The van der Waals surface area contributed by atoms with Gasteiger partial charge in [-0.1, -0.05) is 0 Å². The molecule has 0 aliphatic heterocycles. The molecule has 0 saturated heterocycles. The predicted molar refractivity (Wildman–Crippen MR) is 80.1 cm³/mol. The molecule has 104 valence electrons. The van der Waals surface area contributed by atoms with Crippen molar-refractivity contribution in [2.45, 2.75) is 20.8 Å². The Labute approximate surface area is 118 Å². The Kier molecular flexibility index (Phi) is 4.30. The standard InChI is InChI=1S/C15H18N4O/c1-4-16-14-8-11(3)18-9-13(14)15(20)19-12-5-6-17-10(2)7-12/h5-9H,4H2,1-3H3,(H,16,18)(H,17,19,20). The summed E-state index contributed by atoms with van der Waals surface area (Å²) in [5.41, 5.74) is 3.79. The Morgan fingerprint density at radius 3 is 2.65 bits per heavy atom. The van der Waals surface area contributed by atoms with E-state index in [0.717, 1.165) is 29.3 Å². The van der Waals surface area contributed by atoms with Gasteiger partial charge in [0.2, 0.25) is 0 Å². The summed E-state index contributed by atoms with van der Waals surface area (Å²) in [6.45, 7) is 6.52. The van der Waals surface area contributed by atoms with Gasteiger partial charge in [0, 0.05) is 36.0 Å². The number of carbonyl (C=O) groups excluding carboxylic acids is 1. The molecule has 0 radical (unpaired) electrons. The van der Waals surface area contributed by atoms with E-state index in [0.29, 0.717) is 5.56 Å². The van der Waals surface area contributed by atoms with E-state index in [1.807, 2.05) is 32.9 Å². The second-order valence-electron chi connectivity index (χ2n) is 4.54. The molecular weight excluding hydrogens is 252 g/mol. The third-order valence-corrected chi connectivity index (χ3v) is 2.81. The fraction of sp³-hybridized carbons (Fsp3) is 0.267. The highest BCUT2D eigenvalue weighted by Crippen LogP contribution is 2.17. The number of aromatic nitrogens is 2. The summed E-state index contributed by atoms with van der Waals surface area (Å²) < 4.78 is 0. The van der Waals surface area contributed by atoms with Crippen LogP contribution in [0.25, 0.3) is 0 Å². The Morgan fingerprint density at radius 1 is 1.20 bits per heavy atom. The highest BCUT2D eigenvalue weighted by molar-refractivity contribution is 6.07. The van der Waals surface area contributed by atoms with Crippen molar-refractivity contribution in [2.75, 3.05) is 17.2 Å². The van der Waals surface area contributed by atoms with Crippen molar-refractivity contribution in [1.82, 2.24) is 9.97 Å². The number of nitrogens with one attached hydrogen (secondary N) is 2. The first-order valence-electron chi connectivity index (χ1n) is 6.54. The van der Waals surface area contributed by atoms with Gasteiger partial charge in [-0.15, -0.1) is 0 Å². The molecule has 5 nitrogen and oxygen atoms in total. The number of amides is 1. The molecule has 2 heterocycles. The van der Waals surface area contributed by atoms with Crippen LogP contribution in [0.3, 0.4) is 0 Å². The van der Waals surface area contributed by atoms with Crippen LogP contribution in [0.5, 0.6) is 0 Å². The maximum Gasteiger partial charge on any atom is 0.259 e. The van der Waals surface area contributed by atoms with Gasteiger partial charge < -0.3 is 10.6 Å². The van der Waals surface area contributed by atoms with Crippen molar-refractivity contribution >= 4 is 17.3 Å². The van der Waals surface area contributed by atoms with Crippen LogP contribution in [0.1, 0.15) is 28.7 Å². The highest BCUT2D eigenvalue weighted by atomic mass is 16.1. The largest absolute Gasteiger partial charge is 0.385 e. The number of nitrogens with zero attached hydrogens (tertiary/aromatic N) is 2. The first kappa shape index (κ1) is 14.0. The van der Waals surface area contributed by atoms with Crippen molar-refractivity contribution < 1.29 is 4.79 Å². The number of carbonyl (C=O) groups is 1. The molecular formula is C15H18N4O. The van der Waals surface area contributed by atoms with Crippen molar-refractivity contribution in [3.8, 4) is 0 Å². The summed E-state index contributed by atoms with van der Waals surface area (Å²) in [6, 6.07) is 5.46. The van der Waals surface area contributed by atoms with Gasteiger partial charge in [-0.25, -0.2) is 0 Å². The van der Waals surface area contributed by atoms with Crippen molar-refractivity contribution in [3.63, 3.8) is 0 Å². The monoisotopic (exact) mass is 270 g/mol. The lowest BCUT2D eigenvalue weighted by Crippen LogP contribution is -2.15. The average molecular weight is 270 g/mol. The molecule has 2 N–H and O–H groups in total. The van der Waals surface area contributed by atoms with Gasteiger partial charge in [-0.3, -0.25) is 14.8 Å². The van der Waals surface area contributed by atoms with Gasteiger partial charge >= 0.3 is 0 Å². The van der Waals surface area contributed by atoms with Crippen LogP contribution in [-0.2, 0) is 0 Å². The van der Waals surface area contributed by atoms with Gasteiger partial charge in [0.1, 0.15) is 0 Å². The number of hydrogen-bond donors (Lipinski definition) is 2. The molecule has 2 aromatic heterocycles. The number of anilines is 2. The van der Waals surface area contributed by atoms with Crippen molar-refractivity contribution in [1.29, 1.82) is 0 Å². The summed E-state index contributed by atoms with van der Waals surface area (Å²) in [5.74, 6) is -0.181. The third-order valence-electron chi connectivity index (χ3n) is 2.81. The minimum atomic E-state index is -0.181. The summed E-state index contributed by atoms with van der Waals surface area (Å²) in [6.07, 6.45) is 3.26. The Morgan fingerprint density at radius 2 is 1.95 bits per heavy atom. The zero-order valence-corrected chi connectivity index (χ0v) is 11.9. The molecule has 2 aromatic rings. The maximum absolute atomic E-state index is 12.3. The third kappa shape index (κ3) is 3.32. The van der Waals surface area contributed by atoms with E-state index in [2.05, 4.69) is 20.6 Å². The average Bonchev–Trinajstić information content (AvgIpc) is 2.39.